The van der Waals surface area contributed by atoms with Gasteiger partial charge < -0.3 is 5.32 Å². The number of para-hydroxylation sites is 1. The molecule has 1 aromatic carbocycles. The van der Waals surface area contributed by atoms with Gasteiger partial charge in [-0.3, -0.25) is 14.5 Å². The Hall–Kier alpha value is -2.10. The van der Waals surface area contributed by atoms with E-state index in [1.807, 2.05) is 31.2 Å². The molecule has 4 nitrogen and oxygen atoms in total. The Kier molecular flexibility index (Phi) is 5.34. The van der Waals surface area contributed by atoms with E-state index in [4.69, 9.17) is 0 Å². The van der Waals surface area contributed by atoms with E-state index >= 15 is 0 Å². The van der Waals surface area contributed by atoms with Gasteiger partial charge in [0.05, 0.1) is 0 Å². The number of benzene rings is 1. The van der Waals surface area contributed by atoms with E-state index in [1.165, 1.54) is 24.8 Å². The lowest BCUT2D eigenvalue weighted by molar-refractivity contribution is -0.126. The number of hydrogen-bond donors (Lipinski definition) is 1. The van der Waals surface area contributed by atoms with Gasteiger partial charge in [0.1, 0.15) is 6.04 Å². The first kappa shape index (κ1) is 16.7. The van der Waals surface area contributed by atoms with Crippen molar-refractivity contribution in [3.63, 3.8) is 0 Å². The Morgan fingerprint density at radius 3 is 2.83 bits per heavy atom. The molecule has 0 saturated heterocycles. The van der Waals surface area contributed by atoms with Crippen molar-refractivity contribution in [3.8, 4) is 0 Å². The lowest BCUT2D eigenvalue weighted by atomic mass is 9.97. The van der Waals surface area contributed by atoms with Crippen molar-refractivity contribution >= 4 is 17.5 Å². The zero-order chi connectivity index (χ0) is 16.9. The van der Waals surface area contributed by atoms with Crippen LogP contribution in [0.1, 0.15) is 51.0 Å². The fourth-order valence-corrected chi connectivity index (χ4v) is 3.67. The van der Waals surface area contributed by atoms with Gasteiger partial charge in [0, 0.05) is 25.1 Å². The molecule has 0 aromatic heterocycles. The van der Waals surface area contributed by atoms with Crippen LogP contribution in [0.15, 0.2) is 35.9 Å². The number of allylic oxidation sites excluding steroid dienone is 1. The molecule has 0 bridgehead atoms. The van der Waals surface area contributed by atoms with Crippen molar-refractivity contribution in [3.05, 3.63) is 41.5 Å². The van der Waals surface area contributed by atoms with Crippen molar-refractivity contribution in [2.45, 2.75) is 57.9 Å². The maximum atomic E-state index is 12.7. The Morgan fingerprint density at radius 2 is 2.08 bits per heavy atom. The first-order chi connectivity index (χ1) is 11.7. The number of rotatable bonds is 5. The van der Waals surface area contributed by atoms with Gasteiger partial charge in [-0.15, -0.1) is 0 Å². The lowest BCUT2D eigenvalue weighted by Crippen LogP contribution is -2.48. The van der Waals surface area contributed by atoms with Gasteiger partial charge in [0.25, 0.3) is 0 Å². The summed E-state index contributed by atoms with van der Waals surface area (Å²) < 4.78 is 0. The molecule has 24 heavy (non-hydrogen) atoms. The largest absolute Gasteiger partial charge is 0.354 e. The van der Waals surface area contributed by atoms with E-state index < -0.39 is 6.04 Å². The van der Waals surface area contributed by atoms with Crippen LogP contribution in [0.3, 0.4) is 0 Å². The summed E-state index contributed by atoms with van der Waals surface area (Å²) in [4.78, 5) is 26.7. The lowest BCUT2D eigenvalue weighted by Gasteiger charge is -2.24. The first-order valence-corrected chi connectivity index (χ1v) is 9.06. The average molecular weight is 326 g/mol. The molecule has 1 atom stereocenters. The second-order valence-corrected chi connectivity index (χ2v) is 6.62. The molecule has 1 N–H and O–H groups in total. The van der Waals surface area contributed by atoms with E-state index in [9.17, 15) is 9.59 Å². The minimum atomic E-state index is -0.407. The van der Waals surface area contributed by atoms with Crippen molar-refractivity contribution in [1.82, 2.24) is 5.32 Å². The molecule has 1 heterocycles. The number of hydrogen-bond acceptors (Lipinski definition) is 2. The minimum absolute atomic E-state index is 0.00934. The van der Waals surface area contributed by atoms with Crippen LogP contribution in [-0.4, -0.2) is 24.4 Å². The van der Waals surface area contributed by atoms with Crippen LogP contribution in [-0.2, 0) is 16.0 Å². The highest BCUT2D eigenvalue weighted by Crippen LogP contribution is 2.32. The summed E-state index contributed by atoms with van der Waals surface area (Å²) in [6, 6.07) is 7.41. The van der Waals surface area contributed by atoms with E-state index in [-0.39, 0.29) is 11.8 Å². The summed E-state index contributed by atoms with van der Waals surface area (Å²) >= 11 is 0. The van der Waals surface area contributed by atoms with E-state index in [1.54, 1.807) is 4.90 Å². The van der Waals surface area contributed by atoms with Gasteiger partial charge in [-0.2, -0.15) is 0 Å². The smallest absolute Gasteiger partial charge is 0.243 e. The number of nitrogens with one attached hydrogen (secondary N) is 1. The van der Waals surface area contributed by atoms with E-state index in [0.717, 1.165) is 24.1 Å². The fourth-order valence-electron chi connectivity index (χ4n) is 3.67. The van der Waals surface area contributed by atoms with E-state index in [0.29, 0.717) is 19.4 Å². The van der Waals surface area contributed by atoms with E-state index in [2.05, 4.69) is 11.4 Å². The van der Waals surface area contributed by atoms with Crippen LogP contribution in [0.25, 0.3) is 0 Å². The third kappa shape index (κ3) is 3.53. The summed E-state index contributed by atoms with van der Waals surface area (Å²) in [6.45, 7) is 2.50. The molecule has 0 radical (unpaired) electrons. The number of amides is 2. The first-order valence-electron chi connectivity index (χ1n) is 9.06. The molecule has 1 aliphatic heterocycles. The van der Waals surface area contributed by atoms with Crippen LogP contribution in [0.5, 0.6) is 0 Å². The Labute approximate surface area is 143 Å². The second-order valence-electron chi connectivity index (χ2n) is 6.62. The van der Waals surface area contributed by atoms with Gasteiger partial charge in [-0.1, -0.05) is 36.8 Å². The van der Waals surface area contributed by atoms with Crippen LogP contribution in [0.2, 0.25) is 0 Å². The molecule has 1 aromatic rings. The standard InChI is InChI=1S/C20H26N2O2/c1-2-19(23)22-17-11-7-6-10-16(17)14-18(22)20(24)21-13-12-15-8-4-3-5-9-15/h6-8,10-11,18H,2-5,9,12-14H2,1H3,(H,21,24)/t18-/m1/s1. The number of carbonyl (C=O) groups excluding carboxylic acids is 2. The normalized spacial score (nSPS) is 19.6. The Morgan fingerprint density at radius 1 is 1.25 bits per heavy atom. The summed E-state index contributed by atoms with van der Waals surface area (Å²) in [5.41, 5.74) is 3.42. The van der Waals surface area contributed by atoms with Crippen molar-refractivity contribution < 1.29 is 9.59 Å². The maximum absolute atomic E-state index is 12.7. The molecule has 0 fully saturated rings. The molecular weight excluding hydrogens is 300 g/mol. The van der Waals surface area contributed by atoms with Crippen molar-refractivity contribution in [2.75, 3.05) is 11.4 Å². The third-order valence-corrected chi connectivity index (χ3v) is 4.98. The van der Waals surface area contributed by atoms with Gasteiger partial charge in [-0.05, 0) is 43.7 Å². The van der Waals surface area contributed by atoms with Gasteiger partial charge in [0.2, 0.25) is 11.8 Å². The molecule has 2 amide bonds. The zero-order valence-corrected chi connectivity index (χ0v) is 14.4. The molecule has 0 saturated carbocycles. The molecule has 1 aliphatic carbocycles. The molecule has 4 heteroatoms. The van der Waals surface area contributed by atoms with Crippen LogP contribution in [0, 0.1) is 0 Å². The number of nitrogens with zero attached hydrogens (tertiary/aromatic N) is 1. The predicted octanol–water partition coefficient (Wildman–Crippen LogP) is 3.36. The zero-order valence-electron chi connectivity index (χ0n) is 14.4. The van der Waals surface area contributed by atoms with Gasteiger partial charge in [-0.25, -0.2) is 0 Å². The molecule has 3 rings (SSSR count). The molecule has 0 spiro atoms. The summed E-state index contributed by atoms with van der Waals surface area (Å²) in [6.07, 6.45) is 9.12. The highest BCUT2D eigenvalue weighted by Gasteiger charge is 2.37. The van der Waals surface area contributed by atoms with Crippen LogP contribution >= 0.6 is 0 Å². The quantitative estimate of drug-likeness (QED) is 0.844. The molecule has 128 valence electrons. The second kappa shape index (κ2) is 7.65. The van der Waals surface area contributed by atoms with Crippen molar-refractivity contribution in [1.29, 1.82) is 0 Å². The monoisotopic (exact) mass is 326 g/mol. The Balaban J connectivity index is 1.63. The minimum Gasteiger partial charge on any atom is -0.354 e. The maximum Gasteiger partial charge on any atom is 0.243 e. The third-order valence-electron chi connectivity index (χ3n) is 4.98. The summed E-state index contributed by atoms with van der Waals surface area (Å²) in [7, 11) is 0. The highest BCUT2D eigenvalue weighted by atomic mass is 16.2. The number of anilines is 1. The van der Waals surface area contributed by atoms with Crippen LogP contribution < -0.4 is 10.2 Å². The molecular formula is C20H26N2O2. The highest BCUT2D eigenvalue weighted by molar-refractivity contribution is 6.03. The predicted molar refractivity (Wildman–Crippen MR) is 95.9 cm³/mol. The summed E-state index contributed by atoms with van der Waals surface area (Å²) in [5.74, 6) is -0.0282. The topological polar surface area (TPSA) is 49.4 Å². The molecule has 0 unspecified atom stereocenters. The van der Waals surface area contributed by atoms with Gasteiger partial charge in [0.15, 0.2) is 0 Å². The van der Waals surface area contributed by atoms with Gasteiger partial charge >= 0.3 is 0 Å². The van der Waals surface area contributed by atoms with Crippen LogP contribution in [0.4, 0.5) is 5.69 Å². The number of fused-ring (bicyclic) bond motifs is 1. The number of carbonyl (C=O) groups is 2. The van der Waals surface area contributed by atoms with Crippen molar-refractivity contribution in [2.24, 2.45) is 0 Å². The molecule has 2 aliphatic rings. The summed E-state index contributed by atoms with van der Waals surface area (Å²) in [5, 5.41) is 3.04. The average Bonchev–Trinajstić information content (AvgIpc) is 3.01. The Bertz CT molecular complexity index is 651. The SMILES string of the molecule is CCC(=O)N1c2ccccc2C[C@@H]1C(=O)NCCC1=CCCCC1. The fraction of sp³-hybridized carbons (Fsp3) is 0.500.